The van der Waals surface area contributed by atoms with Crippen LogP contribution in [0.5, 0.6) is 0 Å². The summed E-state index contributed by atoms with van der Waals surface area (Å²) < 4.78 is 45.2. The van der Waals surface area contributed by atoms with Gasteiger partial charge in [0.05, 0.1) is 29.4 Å². The molecule has 1 aliphatic carbocycles. The number of benzene rings is 1. The Hall–Kier alpha value is -6.53. The Bertz CT molecular complexity index is 2930. The first-order valence-corrected chi connectivity index (χ1v) is 24.0. The molecule has 3 aliphatic heterocycles. The first-order chi connectivity index (χ1) is 33.2. The molecule has 70 heavy (non-hydrogen) atoms. The van der Waals surface area contributed by atoms with E-state index in [2.05, 4.69) is 74.1 Å². The number of pyridine rings is 2. The second-order valence-corrected chi connectivity index (χ2v) is 20.6. The predicted molar refractivity (Wildman–Crippen MR) is 266 cm³/mol. The SMILES string of the molecule is C=CC(=O)Nc1cc(Nc2nc(-c3ccnc(N4CCn5c(cc6c5CC(C)(C)C6)C4=O)c3CO)cn(C)c2=O)ccc1N1CCN(C2CCN(c3cccc(C(C)(C)C(F)(F)F)n3)[C@H](C)C2)C[C@@H]1C. The van der Waals surface area contributed by atoms with Crippen molar-refractivity contribution in [2.75, 3.05) is 58.1 Å². The number of hydrogen-bond acceptors (Lipinski definition) is 11. The van der Waals surface area contributed by atoms with Crippen molar-refractivity contribution in [3.8, 4) is 11.3 Å². The maximum atomic E-state index is 14.1. The number of rotatable bonds is 11. The Balaban J connectivity index is 0.913. The molecule has 0 radical (unpaired) electrons. The van der Waals surface area contributed by atoms with E-state index >= 15 is 0 Å². The van der Waals surface area contributed by atoms with E-state index < -0.39 is 29.7 Å². The second kappa shape index (κ2) is 18.3. The maximum Gasteiger partial charge on any atom is 0.399 e. The molecule has 1 aromatic carbocycles. The predicted octanol–water partition coefficient (Wildman–Crippen LogP) is 7.59. The summed E-state index contributed by atoms with van der Waals surface area (Å²) in [7, 11) is 1.62. The number of aliphatic hydroxyl groups is 1. The van der Waals surface area contributed by atoms with Crippen LogP contribution in [-0.4, -0.2) is 103 Å². The highest BCUT2D eigenvalue weighted by atomic mass is 19.4. The number of hydrogen-bond donors (Lipinski definition) is 3. The van der Waals surface area contributed by atoms with Crippen molar-refractivity contribution in [1.29, 1.82) is 0 Å². The lowest BCUT2D eigenvalue weighted by molar-refractivity contribution is -0.181. The number of alkyl halides is 3. The van der Waals surface area contributed by atoms with Crippen molar-refractivity contribution in [2.24, 2.45) is 12.5 Å². The van der Waals surface area contributed by atoms with Crippen molar-refractivity contribution < 1.29 is 27.9 Å². The lowest BCUT2D eigenvalue weighted by Crippen LogP contribution is -2.58. The monoisotopic (exact) mass is 961 g/mol. The van der Waals surface area contributed by atoms with Crippen LogP contribution < -0.4 is 30.9 Å². The molecule has 3 atom stereocenters. The normalized spacial score (nSPS) is 20.6. The van der Waals surface area contributed by atoms with Crippen LogP contribution in [0.1, 0.15) is 87.4 Å². The van der Waals surface area contributed by atoms with Crippen molar-refractivity contribution in [3.63, 3.8) is 0 Å². The van der Waals surface area contributed by atoms with Gasteiger partial charge in [0, 0.05) is 99.3 Å². The molecular weight excluding hydrogens is 900 g/mol. The van der Waals surface area contributed by atoms with Gasteiger partial charge in [-0.1, -0.05) is 26.5 Å². The number of aryl methyl sites for hydroxylation is 1. The minimum atomic E-state index is -4.43. The van der Waals surface area contributed by atoms with Gasteiger partial charge < -0.3 is 34.7 Å². The molecule has 4 aromatic heterocycles. The van der Waals surface area contributed by atoms with Gasteiger partial charge >= 0.3 is 6.18 Å². The largest absolute Gasteiger partial charge is 0.399 e. The fourth-order valence-corrected chi connectivity index (χ4v) is 10.9. The van der Waals surface area contributed by atoms with E-state index in [1.165, 1.54) is 28.0 Å². The Morgan fingerprint density at radius 3 is 2.47 bits per heavy atom. The van der Waals surface area contributed by atoms with Crippen LogP contribution in [0.15, 0.2) is 78.4 Å². The molecule has 15 nitrogen and oxygen atoms in total. The molecule has 1 unspecified atom stereocenters. The highest BCUT2D eigenvalue weighted by Crippen LogP contribution is 2.42. The average molecular weight is 962 g/mol. The van der Waals surface area contributed by atoms with Crippen LogP contribution in [0, 0.1) is 5.41 Å². The average Bonchev–Trinajstić information content (AvgIpc) is 3.82. The Kier molecular flexibility index (Phi) is 12.7. The Labute approximate surface area is 406 Å². The zero-order valence-corrected chi connectivity index (χ0v) is 40.9. The van der Waals surface area contributed by atoms with Gasteiger partial charge in [-0.2, -0.15) is 13.2 Å². The molecule has 18 heteroatoms. The number of amides is 2. The third-order valence-corrected chi connectivity index (χ3v) is 14.8. The summed E-state index contributed by atoms with van der Waals surface area (Å²) in [6, 6.07) is 14.5. The fourth-order valence-electron chi connectivity index (χ4n) is 10.9. The quantitative estimate of drug-likeness (QED) is 0.112. The van der Waals surface area contributed by atoms with Gasteiger partial charge in [0.1, 0.15) is 22.7 Å². The Morgan fingerprint density at radius 2 is 1.76 bits per heavy atom. The van der Waals surface area contributed by atoms with Crippen LogP contribution in [0.25, 0.3) is 11.3 Å². The number of halogens is 3. The number of piperazine rings is 1. The van der Waals surface area contributed by atoms with Crippen LogP contribution in [0.4, 0.5) is 47.7 Å². The topological polar surface area (TPSA) is 157 Å². The second-order valence-electron chi connectivity index (χ2n) is 20.6. The Morgan fingerprint density at radius 1 is 0.971 bits per heavy atom. The summed E-state index contributed by atoms with van der Waals surface area (Å²) in [5.41, 5.74) is 3.81. The number of carbonyl (C=O) groups excluding carboxylic acids is 2. The zero-order chi connectivity index (χ0) is 50.0. The van der Waals surface area contributed by atoms with Crippen molar-refractivity contribution in [3.05, 3.63) is 112 Å². The van der Waals surface area contributed by atoms with E-state index in [1.807, 2.05) is 18.2 Å². The summed E-state index contributed by atoms with van der Waals surface area (Å²) in [5, 5.41) is 17.0. The van der Waals surface area contributed by atoms with Gasteiger partial charge in [-0.3, -0.25) is 24.2 Å². The summed E-state index contributed by atoms with van der Waals surface area (Å²) >= 11 is 0. The van der Waals surface area contributed by atoms with Crippen LogP contribution in [0.3, 0.4) is 0 Å². The summed E-state index contributed by atoms with van der Waals surface area (Å²) in [5.74, 6) is 0.324. The van der Waals surface area contributed by atoms with E-state index in [9.17, 15) is 32.7 Å². The van der Waals surface area contributed by atoms with Gasteiger partial charge in [-0.25, -0.2) is 15.0 Å². The number of aliphatic hydroxyl groups excluding tert-OH is 1. The number of fused-ring (bicyclic) bond motifs is 3. The molecule has 2 saturated heterocycles. The molecule has 5 aromatic rings. The number of carbonyl (C=O) groups is 2. The third kappa shape index (κ3) is 8.95. The highest BCUT2D eigenvalue weighted by Gasteiger charge is 2.50. The molecule has 0 spiro atoms. The summed E-state index contributed by atoms with van der Waals surface area (Å²) in [6.45, 7) is 18.1. The molecule has 4 aliphatic rings. The first kappa shape index (κ1) is 48.5. The van der Waals surface area contributed by atoms with Crippen LogP contribution in [-0.2, 0) is 43.3 Å². The summed E-state index contributed by atoms with van der Waals surface area (Å²) in [4.78, 5) is 63.0. The standard InChI is InChI=1S/C52H62F3N11O4/c1-9-45(68)58-38-25-34(13-14-40(38)63-20-19-62(28-32(63)3)35-16-18-64(31(2)23-35)44-12-10-11-43(60-44)51(6,7)52(53,54)55)57-46-49(70)61(8)29-39(59-46)36-15-17-56-47(37(36)30-67)66-22-21-65-41(48(66)69)24-33-26-50(4,5)27-42(33)65/h9-15,17,24-25,29,31-32,35,67H,1,16,18-23,26-28,30H2,2-8H3,(H,57,59)(H,58,68)/t31-,32+,35?/m1/s1. The first-order valence-electron chi connectivity index (χ1n) is 24.0. The van der Waals surface area contributed by atoms with Gasteiger partial charge in [0.15, 0.2) is 5.82 Å². The lowest BCUT2D eigenvalue weighted by Gasteiger charge is -2.48. The van der Waals surface area contributed by atoms with Crippen molar-refractivity contribution in [2.45, 2.75) is 110 Å². The van der Waals surface area contributed by atoms with Crippen LogP contribution in [0.2, 0.25) is 0 Å². The smallest absolute Gasteiger partial charge is 0.392 e. The molecule has 2 amide bonds. The van der Waals surface area contributed by atoms with Crippen molar-refractivity contribution in [1.82, 2.24) is 29.0 Å². The number of nitrogens with one attached hydrogen (secondary N) is 2. The molecule has 0 bridgehead atoms. The van der Waals surface area contributed by atoms with Gasteiger partial charge in [0.25, 0.3) is 11.5 Å². The van der Waals surface area contributed by atoms with Gasteiger partial charge in [-0.15, -0.1) is 0 Å². The number of nitrogens with zero attached hydrogens (tertiary/aromatic N) is 9. The van der Waals surface area contributed by atoms with Gasteiger partial charge in [0.2, 0.25) is 5.91 Å². The van der Waals surface area contributed by atoms with E-state index in [0.717, 1.165) is 58.3 Å². The van der Waals surface area contributed by atoms with E-state index in [-0.39, 0.29) is 41.0 Å². The van der Waals surface area contributed by atoms with Crippen LogP contribution >= 0.6 is 0 Å². The molecule has 2 fully saturated rings. The molecule has 0 saturated carbocycles. The van der Waals surface area contributed by atoms with E-state index in [0.29, 0.717) is 71.7 Å². The minimum absolute atomic E-state index is 0.00305. The molecule has 7 heterocycles. The van der Waals surface area contributed by atoms with Gasteiger partial charge in [-0.05, 0) is 113 Å². The molecular formula is C52H62F3N11O4. The molecule has 370 valence electrons. The lowest BCUT2D eigenvalue weighted by atomic mass is 9.88. The number of anilines is 6. The number of aromatic nitrogens is 5. The molecule has 9 rings (SSSR count). The fraction of sp³-hybridized carbons (Fsp3) is 0.462. The summed E-state index contributed by atoms with van der Waals surface area (Å²) in [6.07, 6.45) is 3.42. The maximum absolute atomic E-state index is 14.1. The van der Waals surface area contributed by atoms with Crippen molar-refractivity contribution >= 4 is 46.3 Å². The van der Waals surface area contributed by atoms with E-state index in [1.54, 1.807) is 48.6 Å². The minimum Gasteiger partial charge on any atom is -0.392 e. The van der Waals surface area contributed by atoms with E-state index in [4.69, 9.17) is 4.98 Å². The molecule has 3 N–H and O–H groups in total. The highest BCUT2D eigenvalue weighted by molar-refractivity contribution is 6.06. The zero-order valence-electron chi connectivity index (χ0n) is 40.9. The number of piperidine rings is 1. The third-order valence-electron chi connectivity index (χ3n) is 14.8.